The van der Waals surface area contributed by atoms with Crippen molar-refractivity contribution < 1.29 is 9.18 Å². The highest BCUT2D eigenvalue weighted by molar-refractivity contribution is 8.00. The van der Waals surface area contributed by atoms with Crippen LogP contribution in [0.3, 0.4) is 0 Å². The Kier molecular flexibility index (Phi) is 4.33. The van der Waals surface area contributed by atoms with Gasteiger partial charge < -0.3 is 5.32 Å². The summed E-state index contributed by atoms with van der Waals surface area (Å²) in [6, 6.07) is 6.40. The highest BCUT2D eigenvalue weighted by Crippen LogP contribution is 2.22. The maximum absolute atomic E-state index is 13.3. The quantitative estimate of drug-likeness (QED) is 0.875. The number of thiazole rings is 1. The molecule has 0 saturated heterocycles. The summed E-state index contributed by atoms with van der Waals surface area (Å²) in [5.74, 6) is -0.322. The number of carbonyl (C=O) groups excluding carboxylic acids is 1. The molecule has 0 saturated carbocycles. The minimum absolute atomic E-state index is 0.166. The average Bonchev–Trinajstić information content (AvgIpc) is 2.74. The molecule has 0 aliphatic rings. The van der Waals surface area contributed by atoms with Crippen molar-refractivity contribution in [2.75, 3.05) is 11.1 Å². The number of rotatable bonds is 4. The molecule has 0 radical (unpaired) electrons. The first-order chi connectivity index (χ1) is 8.65. The number of carbonyl (C=O) groups is 1. The van der Waals surface area contributed by atoms with Crippen LogP contribution in [-0.4, -0.2) is 16.6 Å². The van der Waals surface area contributed by atoms with Gasteiger partial charge in [-0.05, 0) is 19.1 Å². The summed E-state index contributed by atoms with van der Waals surface area (Å²) < 4.78 is 13.3. The Balaban J connectivity index is 1.87. The summed E-state index contributed by atoms with van der Waals surface area (Å²) in [5, 5.41) is 3.25. The zero-order valence-electron chi connectivity index (χ0n) is 9.64. The molecule has 94 valence electrons. The number of nitrogens with one attached hydrogen (secondary N) is 1. The summed E-state index contributed by atoms with van der Waals surface area (Å²) in [6.45, 7) is 1.92. The number of hydrogen-bond donors (Lipinski definition) is 1. The van der Waals surface area contributed by atoms with Gasteiger partial charge >= 0.3 is 0 Å². The molecule has 0 aliphatic heterocycles. The van der Waals surface area contributed by atoms with E-state index in [-0.39, 0.29) is 17.5 Å². The molecule has 1 N–H and O–H groups in total. The molecule has 0 bridgehead atoms. The van der Waals surface area contributed by atoms with Crippen molar-refractivity contribution in [3.63, 3.8) is 0 Å². The Labute approximate surface area is 112 Å². The van der Waals surface area contributed by atoms with Crippen molar-refractivity contribution >= 4 is 34.1 Å². The van der Waals surface area contributed by atoms with Gasteiger partial charge in [0, 0.05) is 16.0 Å². The van der Waals surface area contributed by atoms with E-state index in [1.807, 2.05) is 6.92 Å². The third-order valence-corrected chi connectivity index (χ3v) is 3.94. The maximum Gasteiger partial charge on any atom is 0.236 e. The number of thioether (sulfide) groups is 1. The molecule has 18 heavy (non-hydrogen) atoms. The first kappa shape index (κ1) is 13.0. The fourth-order valence-corrected chi connectivity index (χ4v) is 2.69. The van der Waals surface area contributed by atoms with E-state index in [4.69, 9.17) is 0 Å². The van der Waals surface area contributed by atoms with E-state index in [0.717, 1.165) is 4.88 Å². The summed E-state index contributed by atoms with van der Waals surface area (Å²) in [5.41, 5.74) is 0. The maximum atomic E-state index is 13.3. The molecule has 0 fully saturated rings. The number of nitrogens with zero attached hydrogens (tertiary/aromatic N) is 1. The van der Waals surface area contributed by atoms with Crippen molar-refractivity contribution in [1.29, 1.82) is 0 Å². The van der Waals surface area contributed by atoms with Gasteiger partial charge in [-0.3, -0.25) is 4.79 Å². The highest BCUT2D eigenvalue weighted by Gasteiger charge is 2.08. The molecule has 1 aromatic carbocycles. The normalized spacial score (nSPS) is 10.3. The number of aryl methyl sites for hydroxylation is 1. The van der Waals surface area contributed by atoms with Gasteiger partial charge in [-0.15, -0.1) is 23.1 Å². The third-order valence-electron chi connectivity index (χ3n) is 2.06. The molecule has 0 aliphatic carbocycles. The van der Waals surface area contributed by atoms with Gasteiger partial charge in [-0.25, -0.2) is 9.37 Å². The lowest BCUT2D eigenvalue weighted by molar-refractivity contribution is -0.113. The van der Waals surface area contributed by atoms with E-state index in [2.05, 4.69) is 10.3 Å². The SMILES string of the molecule is Cc1cnc(NC(=O)CSc2ccccc2F)s1. The van der Waals surface area contributed by atoms with Gasteiger partial charge in [0.05, 0.1) is 5.75 Å². The van der Waals surface area contributed by atoms with Crippen LogP contribution >= 0.6 is 23.1 Å². The van der Waals surface area contributed by atoms with E-state index in [1.165, 1.54) is 29.2 Å². The van der Waals surface area contributed by atoms with Crippen LogP contribution in [-0.2, 0) is 4.79 Å². The topological polar surface area (TPSA) is 42.0 Å². The lowest BCUT2D eigenvalue weighted by Crippen LogP contribution is -2.13. The van der Waals surface area contributed by atoms with Gasteiger partial charge in [0.25, 0.3) is 0 Å². The molecule has 1 amide bonds. The van der Waals surface area contributed by atoms with E-state index in [1.54, 1.807) is 24.4 Å². The molecule has 3 nitrogen and oxygen atoms in total. The van der Waals surface area contributed by atoms with Crippen molar-refractivity contribution in [2.24, 2.45) is 0 Å². The van der Waals surface area contributed by atoms with Crippen LogP contribution in [0.2, 0.25) is 0 Å². The smallest absolute Gasteiger partial charge is 0.236 e. The molecule has 6 heteroatoms. The monoisotopic (exact) mass is 282 g/mol. The number of hydrogen-bond acceptors (Lipinski definition) is 4. The lowest BCUT2D eigenvalue weighted by atomic mass is 10.3. The Hall–Kier alpha value is -1.40. The average molecular weight is 282 g/mol. The van der Waals surface area contributed by atoms with Gasteiger partial charge in [-0.1, -0.05) is 12.1 Å². The summed E-state index contributed by atoms with van der Waals surface area (Å²) in [6.07, 6.45) is 1.70. The molecule has 1 aromatic heterocycles. The van der Waals surface area contributed by atoms with Crippen molar-refractivity contribution in [3.8, 4) is 0 Å². The van der Waals surface area contributed by atoms with Crippen molar-refractivity contribution in [2.45, 2.75) is 11.8 Å². The fraction of sp³-hybridized carbons (Fsp3) is 0.167. The number of halogens is 1. The summed E-state index contributed by atoms with van der Waals surface area (Å²) in [7, 11) is 0. The summed E-state index contributed by atoms with van der Waals surface area (Å²) in [4.78, 5) is 17.2. The molecule has 2 aromatic rings. The van der Waals surface area contributed by atoms with E-state index >= 15 is 0 Å². The molecular formula is C12H11FN2OS2. The molecule has 0 spiro atoms. The predicted molar refractivity (Wildman–Crippen MR) is 72.6 cm³/mol. The van der Waals surface area contributed by atoms with Crippen LogP contribution in [0.15, 0.2) is 35.4 Å². The van der Waals surface area contributed by atoms with Crippen LogP contribution in [0.25, 0.3) is 0 Å². The highest BCUT2D eigenvalue weighted by atomic mass is 32.2. The molecular weight excluding hydrogens is 271 g/mol. The van der Waals surface area contributed by atoms with Gasteiger partial charge in [-0.2, -0.15) is 0 Å². The Bertz CT molecular complexity index is 557. The second kappa shape index (κ2) is 5.97. The van der Waals surface area contributed by atoms with Crippen LogP contribution in [0, 0.1) is 12.7 Å². The summed E-state index contributed by atoms with van der Waals surface area (Å²) >= 11 is 2.59. The zero-order valence-corrected chi connectivity index (χ0v) is 11.3. The van der Waals surface area contributed by atoms with Gasteiger partial charge in [0.15, 0.2) is 5.13 Å². The molecule has 0 unspecified atom stereocenters. The minimum Gasteiger partial charge on any atom is -0.301 e. The second-order valence-electron chi connectivity index (χ2n) is 3.54. The Morgan fingerprint density at radius 2 is 2.28 bits per heavy atom. The minimum atomic E-state index is -0.305. The van der Waals surface area contributed by atoms with Crippen LogP contribution < -0.4 is 5.32 Å². The molecule has 0 atom stereocenters. The van der Waals surface area contributed by atoms with E-state index < -0.39 is 0 Å². The number of anilines is 1. The number of benzene rings is 1. The second-order valence-corrected chi connectivity index (χ2v) is 5.80. The first-order valence-corrected chi connectivity index (χ1v) is 7.05. The third kappa shape index (κ3) is 3.54. The number of amides is 1. The van der Waals surface area contributed by atoms with E-state index in [9.17, 15) is 9.18 Å². The number of aromatic nitrogens is 1. The first-order valence-electron chi connectivity index (χ1n) is 5.25. The van der Waals surface area contributed by atoms with Crippen LogP contribution in [0.1, 0.15) is 4.88 Å². The Morgan fingerprint density at radius 3 is 2.94 bits per heavy atom. The van der Waals surface area contributed by atoms with Gasteiger partial charge in [0.2, 0.25) is 5.91 Å². The van der Waals surface area contributed by atoms with Gasteiger partial charge in [0.1, 0.15) is 5.82 Å². The lowest BCUT2D eigenvalue weighted by Gasteiger charge is -2.02. The Morgan fingerprint density at radius 1 is 1.50 bits per heavy atom. The fourth-order valence-electron chi connectivity index (χ4n) is 1.27. The zero-order chi connectivity index (χ0) is 13.0. The van der Waals surface area contributed by atoms with E-state index in [0.29, 0.717) is 10.0 Å². The van der Waals surface area contributed by atoms with Crippen LogP contribution in [0.5, 0.6) is 0 Å². The standard InChI is InChI=1S/C12H11FN2OS2/c1-8-6-14-12(18-8)15-11(16)7-17-10-5-3-2-4-9(10)13/h2-6H,7H2,1H3,(H,14,15,16). The van der Waals surface area contributed by atoms with Crippen molar-refractivity contribution in [3.05, 3.63) is 41.2 Å². The predicted octanol–water partition coefficient (Wildman–Crippen LogP) is 3.32. The van der Waals surface area contributed by atoms with Crippen molar-refractivity contribution in [1.82, 2.24) is 4.98 Å². The molecule has 2 rings (SSSR count). The molecule has 1 heterocycles. The largest absolute Gasteiger partial charge is 0.301 e. The van der Waals surface area contributed by atoms with Crippen LogP contribution in [0.4, 0.5) is 9.52 Å².